The van der Waals surface area contributed by atoms with Crippen LogP contribution in [0.4, 0.5) is 0 Å². The predicted octanol–water partition coefficient (Wildman–Crippen LogP) is 7.27. The van der Waals surface area contributed by atoms with Crippen molar-refractivity contribution >= 4 is 46.8 Å². The van der Waals surface area contributed by atoms with Gasteiger partial charge in [0.25, 0.3) is 0 Å². The van der Waals surface area contributed by atoms with Crippen LogP contribution in [0.15, 0.2) is 58.7 Å². The summed E-state index contributed by atoms with van der Waals surface area (Å²) in [4.78, 5) is 35.7. The Kier molecular flexibility index (Phi) is 15.4. The van der Waals surface area contributed by atoms with Crippen LogP contribution in [0.3, 0.4) is 0 Å². The Morgan fingerprint density at radius 2 is 1.66 bits per heavy atom. The maximum Gasteiger partial charge on any atom is 0.320 e. The average molecular weight is 669 g/mol. The van der Waals surface area contributed by atoms with E-state index in [2.05, 4.69) is 45.9 Å². The van der Waals surface area contributed by atoms with Gasteiger partial charge in [0.2, 0.25) is 5.69 Å². The zero-order chi connectivity index (χ0) is 32.9. The average Bonchev–Trinajstić information content (AvgIpc) is 3.27. The van der Waals surface area contributed by atoms with E-state index < -0.39 is 22.9 Å². The van der Waals surface area contributed by atoms with Gasteiger partial charge >= 0.3 is 17.9 Å². The Hall–Kier alpha value is -2.43. The molecule has 0 radical (unpaired) electrons. The smallest absolute Gasteiger partial charge is 0.320 e. The van der Waals surface area contributed by atoms with Crippen molar-refractivity contribution in [2.75, 3.05) is 27.4 Å². The summed E-state index contributed by atoms with van der Waals surface area (Å²) < 4.78 is 31.0. The van der Waals surface area contributed by atoms with Crippen LogP contribution in [-0.2, 0) is 62.5 Å². The topological polar surface area (TPSA) is 111 Å². The van der Waals surface area contributed by atoms with E-state index in [9.17, 15) is 14.4 Å². The fourth-order valence-electron chi connectivity index (χ4n) is 4.52. The van der Waals surface area contributed by atoms with Crippen molar-refractivity contribution < 1.29 is 42.1 Å². The minimum Gasteiger partial charge on any atom is -0.469 e. The van der Waals surface area contributed by atoms with Gasteiger partial charge in [0.05, 0.1) is 31.8 Å². The largest absolute Gasteiger partial charge is 0.469 e. The maximum atomic E-state index is 12.4. The molecular weight excluding hydrogens is 623 g/mol. The number of carbonyl (C=O) groups is 3. The lowest BCUT2D eigenvalue weighted by atomic mass is 10.1. The first-order valence-corrected chi connectivity index (χ1v) is 18.6. The van der Waals surface area contributed by atoms with Crippen LogP contribution >= 0.6 is 17.1 Å². The van der Waals surface area contributed by atoms with E-state index in [4.69, 9.17) is 39.5 Å². The van der Waals surface area contributed by atoms with Crippen molar-refractivity contribution in [3.05, 3.63) is 71.2 Å². The molecule has 44 heavy (non-hydrogen) atoms. The molecule has 0 bridgehead atoms. The fraction of sp³-hybridized carbons (Fsp3) is 0.531. The van der Waals surface area contributed by atoms with Gasteiger partial charge in [0.15, 0.2) is 0 Å². The zero-order valence-corrected chi connectivity index (χ0v) is 29.4. The maximum absolute atomic E-state index is 12.4. The van der Waals surface area contributed by atoms with Crippen LogP contribution in [0.25, 0.3) is 0 Å². The molecule has 9 nitrogen and oxygen atoms in total. The molecule has 0 spiro atoms. The number of hydrogen-bond acceptors (Lipinski definition) is 11. The van der Waals surface area contributed by atoms with Gasteiger partial charge in [-0.05, 0) is 62.5 Å². The molecule has 244 valence electrons. The van der Waals surface area contributed by atoms with Gasteiger partial charge in [0.1, 0.15) is 17.6 Å². The van der Waals surface area contributed by atoms with Gasteiger partial charge in [-0.1, -0.05) is 67.2 Å². The molecule has 1 heterocycles. The van der Waals surface area contributed by atoms with Gasteiger partial charge in [-0.15, -0.1) is 0 Å². The molecular formula is C32H45O9PS2. The molecule has 3 atom stereocenters. The van der Waals surface area contributed by atoms with Crippen LogP contribution in [0.5, 0.6) is 0 Å². The third-order valence-electron chi connectivity index (χ3n) is 6.90. The molecule has 1 saturated carbocycles. The van der Waals surface area contributed by atoms with Gasteiger partial charge in [-0.2, -0.15) is 0 Å². The highest BCUT2D eigenvalue weighted by Gasteiger charge is 2.61. The molecule has 0 aliphatic heterocycles. The van der Waals surface area contributed by atoms with Crippen molar-refractivity contribution in [3.63, 3.8) is 0 Å². The third kappa shape index (κ3) is 11.8. The zero-order valence-electron chi connectivity index (χ0n) is 26.8. The lowest BCUT2D eigenvalue weighted by molar-refractivity contribution is -0.149. The molecule has 1 fully saturated rings. The first kappa shape index (κ1) is 37.8. The van der Waals surface area contributed by atoms with Gasteiger partial charge in [-0.25, -0.2) is 0 Å². The second kappa shape index (κ2) is 17.9. The Morgan fingerprint density at radius 1 is 1.02 bits per heavy atom. The van der Waals surface area contributed by atoms with Crippen molar-refractivity contribution in [1.82, 2.24) is 0 Å². The number of esters is 3. The highest BCUT2D eigenvalue weighted by molar-refractivity contribution is 8.68. The van der Waals surface area contributed by atoms with E-state index in [1.165, 1.54) is 25.4 Å². The molecule has 3 unspecified atom stereocenters. The van der Waals surface area contributed by atoms with Crippen molar-refractivity contribution in [2.24, 2.45) is 17.3 Å². The summed E-state index contributed by atoms with van der Waals surface area (Å²) in [6, 6.07) is 12.1. The van der Waals surface area contributed by atoms with Crippen molar-refractivity contribution in [3.8, 4) is 0 Å². The van der Waals surface area contributed by atoms with E-state index in [-0.39, 0.29) is 49.5 Å². The van der Waals surface area contributed by atoms with E-state index in [0.717, 1.165) is 29.1 Å². The lowest BCUT2D eigenvalue weighted by Gasteiger charge is -2.21. The van der Waals surface area contributed by atoms with E-state index in [1.54, 1.807) is 20.1 Å². The van der Waals surface area contributed by atoms with E-state index in [1.807, 2.05) is 24.3 Å². The number of hydrogen-bond donors (Lipinski definition) is 0. The molecule has 0 N–H and O–H groups in total. The molecule has 0 saturated heterocycles. The van der Waals surface area contributed by atoms with Crippen LogP contribution < -0.4 is 0 Å². The monoisotopic (exact) mass is 668 g/mol. The second-order valence-electron chi connectivity index (χ2n) is 10.9. The first-order chi connectivity index (χ1) is 20.8. The summed E-state index contributed by atoms with van der Waals surface area (Å²) in [6.07, 6.45) is 4.48. The van der Waals surface area contributed by atoms with Crippen LogP contribution in [0.2, 0.25) is 0 Å². The highest BCUT2D eigenvalue weighted by atomic mass is 32.9. The lowest BCUT2D eigenvalue weighted by Crippen LogP contribution is -2.24. The Bertz CT molecular complexity index is 1290. The number of allylic oxidation sites excluding steroid dienone is 2. The normalized spacial score (nSPS) is 17.4. The van der Waals surface area contributed by atoms with Crippen LogP contribution in [0, 0.1) is 17.3 Å². The molecule has 2 aromatic rings. The summed E-state index contributed by atoms with van der Waals surface area (Å²) in [6.45, 7) is 12.5. The van der Waals surface area contributed by atoms with Crippen molar-refractivity contribution in [1.29, 1.82) is 0 Å². The minimum atomic E-state index is -2.65. The summed E-state index contributed by atoms with van der Waals surface area (Å²) in [5.74, 6) is -0.00324. The molecule has 0 amide bonds. The first-order valence-electron chi connectivity index (χ1n) is 14.4. The van der Waals surface area contributed by atoms with Gasteiger partial charge < -0.3 is 27.7 Å². The van der Waals surface area contributed by atoms with Crippen LogP contribution in [0.1, 0.15) is 64.9 Å². The summed E-state index contributed by atoms with van der Waals surface area (Å²) in [5.41, 5.74) is 0.683. The van der Waals surface area contributed by atoms with E-state index in [0.29, 0.717) is 0 Å². The second-order valence-corrected chi connectivity index (χ2v) is 17.5. The molecule has 3 rings (SSSR count). The number of rotatable bonds is 15. The minimum absolute atomic E-state index is 0.0107. The third-order valence-corrected chi connectivity index (χ3v) is 12.8. The Labute approximate surface area is 270 Å². The predicted molar refractivity (Wildman–Crippen MR) is 176 cm³/mol. The molecule has 1 aromatic carbocycles. The number of ether oxygens (including phenoxy) is 3. The number of carbonyl (C=O) groups excluding carboxylic acids is 3. The van der Waals surface area contributed by atoms with Gasteiger partial charge in [0, 0.05) is 26.2 Å². The molecule has 1 aromatic heterocycles. The SMILES string of the molecule is CC(C)=CC1C(C(=O)OCc2coc(Cc3ccccc3)c2)C1(C)C.CCOC(=O)CC(SP(=S)(OC)OC)C(=O)OCC. The highest BCUT2D eigenvalue weighted by Crippen LogP contribution is 2.62. The number of benzene rings is 1. The quantitative estimate of drug-likeness (QED) is 0.0827. The Balaban J connectivity index is 0.000000321. The summed E-state index contributed by atoms with van der Waals surface area (Å²) >= 11 is 6.17. The standard InChI is InChI=1S/C22H26O3.C10H19O6PS2/c1-15(2)10-19-20(22(19,3)4)21(23)25-14-17-12-18(24-13-17)11-16-8-6-5-7-9-16;1-5-15-9(11)7-8(10(12)16-6-2)19-17(18,13-3)14-4/h5-10,12-13,19-20H,11,14H2,1-4H3;8H,5-7H2,1-4H3. The van der Waals surface area contributed by atoms with Gasteiger partial charge in [-0.3, -0.25) is 14.4 Å². The molecule has 1 aliphatic rings. The van der Waals surface area contributed by atoms with E-state index >= 15 is 0 Å². The van der Waals surface area contributed by atoms with Crippen molar-refractivity contribution in [2.45, 2.75) is 66.2 Å². The summed E-state index contributed by atoms with van der Waals surface area (Å²) in [5, 5.41) is -0.787. The fourth-order valence-corrected chi connectivity index (χ4v) is 8.39. The Morgan fingerprint density at radius 3 is 2.23 bits per heavy atom. The molecule has 12 heteroatoms. The molecule has 1 aliphatic carbocycles. The van der Waals surface area contributed by atoms with Crippen LogP contribution in [-0.4, -0.2) is 50.6 Å². The summed E-state index contributed by atoms with van der Waals surface area (Å²) in [7, 11) is 2.81. The number of furan rings is 1.